The van der Waals surface area contributed by atoms with Gasteiger partial charge in [-0.2, -0.15) is 0 Å². The van der Waals surface area contributed by atoms with Crippen molar-refractivity contribution < 1.29 is 24.5 Å². The molecule has 1 aromatic carbocycles. The van der Waals surface area contributed by atoms with Crippen molar-refractivity contribution in [2.24, 2.45) is 0 Å². The van der Waals surface area contributed by atoms with Crippen LogP contribution in [0.25, 0.3) is 0 Å². The molecule has 0 unspecified atom stereocenters. The zero-order chi connectivity index (χ0) is 24.1. The number of carbonyl (C=O) groups is 2. The van der Waals surface area contributed by atoms with Crippen molar-refractivity contribution in [3.63, 3.8) is 0 Å². The SMILES string of the molecule is CC(C)=CCC/C(C)=C/C[C@@]12OC(C)(C)[C@H](Cl)C[C@]1(Cl)C(=O)c1c(O)cc(O)cc1C2=O. The standard InChI is InChI=1S/C25H30Cl2O5/c1-14(2)7-6-8-15(3)9-10-25-21(30)17-11-16(28)12-18(29)20(17)22(31)24(25,27)13-19(26)23(4,5)32-25/h7,9,11-12,19,28-29H,6,8,10,13H2,1-5H3/b15-9+/t19-,24+,25+/m1/s1. The van der Waals surface area contributed by atoms with E-state index in [1.165, 1.54) is 11.6 Å². The molecular weight excluding hydrogens is 451 g/mol. The second-order valence-corrected chi connectivity index (χ2v) is 10.8. The van der Waals surface area contributed by atoms with E-state index in [0.29, 0.717) is 0 Å². The van der Waals surface area contributed by atoms with Crippen LogP contribution in [0.4, 0.5) is 0 Å². The molecule has 1 aromatic rings. The molecule has 0 radical (unpaired) electrons. The zero-order valence-corrected chi connectivity index (χ0v) is 20.6. The van der Waals surface area contributed by atoms with Gasteiger partial charge in [-0.1, -0.05) is 23.3 Å². The van der Waals surface area contributed by atoms with Crippen LogP contribution in [0.15, 0.2) is 35.4 Å². The van der Waals surface area contributed by atoms with Crippen molar-refractivity contribution in [2.75, 3.05) is 0 Å². The number of hydrogen-bond acceptors (Lipinski definition) is 5. The van der Waals surface area contributed by atoms with E-state index in [-0.39, 0.29) is 29.7 Å². The number of benzene rings is 1. The summed E-state index contributed by atoms with van der Waals surface area (Å²) >= 11 is 13.5. The molecule has 2 aliphatic rings. The third kappa shape index (κ3) is 4.00. The molecule has 3 rings (SSSR count). The third-order valence-corrected chi connectivity index (χ3v) is 7.73. The summed E-state index contributed by atoms with van der Waals surface area (Å²) in [6.07, 6.45) is 5.74. The minimum absolute atomic E-state index is 0.00189. The van der Waals surface area contributed by atoms with Crippen LogP contribution in [0.1, 0.15) is 81.0 Å². The summed E-state index contributed by atoms with van der Waals surface area (Å²) in [4.78, 5) is 25.7. The van der Waals surface area contributed by atoms with E-state index in [0.717, 1.165) is 24.5 Å². The summed E-state index contributed by atoms with van der Waals surface area (Å²) in [5.74, 6) is -1.98. The summed E-state index contributed by atoms with van der Waals surface area (Å²) in [5.41, 5.74) is -0.680. The molecule has 1 saturated heterocycles. The Morgan fingerprint density at radius 1 is 1.16 bits per heavy atom. The normalized spacial score (nSPS) is 29.3. The average molecular weight is 481 g/mol. The van der Waals surface area contributed by atoms with Gasteiger partial charge in [0.1, 0.15) is 16.4 Å². The van der Waals surface area contributed by atoms with Crippen LogP contribution in [-0.4, -0.2) is 43.2 Å². The lowest BCUT2D eigenvalue weighted by Crippen LogP contribution is -2.72. The summed E-state index contributed by atoms with van der Waals surface area (Å²) in [6.45, 7) is 9.57. The second kappa shape index (κ2) is 8.51. The van der Waals surface area contributed by atoms with Crippen molar-refractivity contribution in [1.29, 1.82) is 0 Å². The largest absolute Gasteiger partial charge is 0.508 e. The van der Waals surface area contributed by atoms with Gasteiger partial charge in [-0.3, -0.25) is 9.59 Å². The van der Waals surface area contributed by atoms with E-state index in [9.17, 15) is 19.8 Å². The number of carbonyl (C=O) groups excluding carboxylic acids is 2. The molecule has 174 valence electrons. The monoisotopic (exact) mass is 480 g/mol. The number of rotatable bonds is 5. The van der Waals surface area contributed by atoms with Crippen molar-refractivity contribution in [1.82, 2.24) is 0 Å². The van der Waals surface area contributed by atoms with Crippen LogP contribution >= 0.6 is 23.2 Å². The van der Waals surface area contributed by atoms with Crippen LogP contribution < -0.4 is 0 Å². The van der Waals surface area contributed by atoms with Crippen molar-refractivity contribution in [3.8, 4) is 11.5 Å². The Morgan fingerprint density at radius 3 is 2.44 bits per heavy atom. The molecule has 1 heterocycles. The topological polar surface area (TPSA) is 83.8 Å². The summed E-state index contributed by atoms with van der Waals surface area (Å²) < 4.78 is 6.34. The van der Waals surface area contributed by atoms with Gasteiger partial charge in [0.15, 0.2) is 17.2 Å². The first-order valence-corrected chi connectivity index (χ1v) is 11.5. The molecule has 2 N–H and O–H groups in total. The molecule has 0 amide bonds. The minimum atomic E-state index is -1.79. The fourth-order valence-electron chi connectivity index (χ4n) is 4.50. The predicted octanol–water partition coefficient (Wildman–Crippen LogP) is 6.08. The predicted molar refractivity (Wildman–Crippen MR) is 126 cm³/mol. The minimum Gasteiger partial charge on any atom is -0.508 e. The van der Waals surface area contributed by atoms with Gasteiger partial charge in [0, 0.05) is 18.1 Å². The first kappa shape index (κ1) is 24.8. The number of Topliss-reactive ketones (excluding diaryl/α,β-unsaturated/α-hetero) is 2. The van der Waals surface area contributed by atoms with Gasteiger partial charge in [-0.05, 0) is 59.9 Å². The number of hydrogen-bond donors (Lipinski definition) is 2. The Bertz CT molecular complexity index is 1020. The number of halogens is 2. The lowest BCUT2D eigenvalue weighted by molar-refractivity contribution is -0.157. The maximum atomic E-state index is 13.9. The van der Waals surface area contributed by atoms with Gasteiger partial charge < -0.3 is 14.9 Å². The number of phenolic OH excluding ortho intramolecular Hbond substituents is 2. The number of fused-ring (bicyclic) bond motifs is 2. The highest BCUT2D eigenvalue weighted by molar-refractivity contribution is 6.45. The Morgan fingerprint density at radius 2 is 1.81 bits per heavy atom. The maximum absolute atomic E-state index is 13.9. The molecule has 1 fully saturated rings. The van der Waals surface area contributed by atoms with Crippen LogP contribution in [-0.2, 0) is 4.74 Å². The van der Waals surface area contributed by atoms with E-state index in [1.807, 2.05) is 26.8 Å². The first-order valence-electron chi connectivity index (χ1n) is 10.7. The maximum Gasteiger partial charge on any atom is 0.198 e. The molecule has 0 aromatic heterocycles. The smallest absolute Gasteiger partial charge is 0.198 e. The van der Waals surface area contributed by atoms with Crippen molar-refractivity contribution in [3.05, 3.63) is 46.6 Å². The second-order valence-electron chi connectivity index (χ2n) is 9.63. The molecule has 0 spiro atoms. The van der Waals surface area contributed by atoms with Crippen LogP contribution in [0, 0.1) is 0 Å². The van der Waals surface area contributed by atoms with E-state index in [4.69, 9.17) is 27.9 Å². The van der Waals surface area contributed by atoms with Gasteiger partial charge in [0.2, 0.25) is 0 Å². The molecule has 1 aliphatic heterocycles. The Balaban J connectivity index is 2.14. The van der Waals surface area contributed by atoms with E-state index < -0.39 is 38.8 Å². The number of alkyl halides is 2. The fraction of sp³-hybridized carbons (Fsp3) is 0.520. The van der Waals surface area contributed by atoms with Gasteiger partial charge in [-0.25, -0.2) is 0 Å². The molecule has 3 atom stereocenters. The Labute approximate surface area is 199 Å². The number of allylic oxidation sites excluding steroid dienone is 3. The molecule has 7 heteroatoms. The first-order chi connectivity index (χ1) is 14.7. The van der Waals surface area contributed by atoms with Gasteiger partial charge in [-0.15, -0.1) is 23.2 Å². The number of phenols is 2. The number of aromatic hydroxyl groups is 2. The number of ketones is 2. The molecule has 0 saturated carbocycles. The van der Waals surface area contributed by atoms with Crippen LogP contribution in [0.2, 0.25) is 0 Å². The molecule has 1 aliphatic carbocycles. The van der Waals surface area contributed by atoms with E-state index in [1.54, 1.807) is 13.8 Å². The van der Waals surface area contributed by atoms with E-state index in [2.05, 4.69) is 6.08 Å². The highest BCUT2D eigenvalue weighted by atomic mass is 35.5. The molecule has 5 nitrogen and oxygen atoms in total. The van der Waals surface area contributed by atoms with Crippen LogP contribution in [0.5, 0.6) is 11.5 Å². The highest BCUT2D eigenvalue weighted by Crippen LogP contribution is 2.56. The molecule has 0 bridgehead atoms. The Kier molecular flexibility index (Phi) is 6.60. The van der Waals surface area contributed by atoms with Crippen molar-refractivity contribution >= 4 is 34.8 Å². The van der Waals surface area contributed by atoms with Crippen molar-refractivity contribution in [2.45, 2.75) is 81.8 Å². The quantitative estimate of drug-likeness (QED) is 0.393. The summed E-state index contributed by atoms with van der Waals surface area (Å²) in [5, 5.41) is 19.7. The zero-order valence-electron chi connectivity index (χ0n) is 19.1. The van der Waals surface area contributed by atoms with Crippen LogP contribution in [0.3, 0.4) is 0 Å². The van der Waals surface area contributed by atoms with Gasteiger partial charge in [0.25, 0.3) is 0 Å². The fourth-order valence-corrected chi connectivity index (χ4v) is 5.31. The van der Waals surface area contributed by atoms with Gasteiger partial charge >= 0.3 is 0 Å². The molecular formula is C25H30Cl2O5. The van der Waals surface area contributed by atoms with Gasteiger partial charge in [0.05, 0.1) is 16.5 Å². The molecule has 32 heavy (non-hydrogen) atoms. The summed E-state index contributed by atoms with van der Waals surface area (Å²) in [6, 6.07) is 2.21. The highest BCUT2D eigenvalue weighted by Gasteiger charge is 2.70. The lowest BCUT2D eigenvalue weighted by atomic mass is 9.63. The van der Waals surface area contributed by atoms with E-state index >= 15 is 0 Å². The number of ether oxygens (including phenoxy) is 1. The summed E-state index contributed by atoms with van der Waals surface area (Å²) in [7, 11) is 0. The lowest BCUT2D eigenvalue weighted by Gasteiger charge is -2.56. The Hall–Kier alpha value is -1.82. The average Bonchev–Trinajstić information content (AvgIpc) is 2.67. The third-order valence-electron chi connectivity index (χ3n) is 6.42.